The lowest BCUT2D eigenvalue weighted by Crippen LogP contribution is -2.34. The Labute approximate surface area is 125 Å². The van der Waals surface area contributed by atoms with Gasteiger partial charge in [-0.25, -0.2) is 5.43 Å². The van der Waals surface area contributed by atoms with E-state index in [0.717, 1.165) is 25.0 Å². The van der Waals surface area contributed by atoms with Crippen LogP contribution in [0, 0.1) is 5.92 Å². The summed E-state index contributed by atoms with van der Waals surface area (Å²) in [5, 5.41) is 13.5. The van der Waals surface area contributed by atoms with E-state index >= 15 is 0 Å². The largest absolute Gasteiger partial charge is 0.370 e. The number of aliphatic hydroxyl groups is 1. The van der Waals surface area contributed by atoms with Crippen molar-refractivity contribution in [1.29, 1.82) is 0 Å². The first-order valence-corrected chi connectivity index (χ1v) is 7.41. The van der Waals surface area contributed by atoms with Crippen LogP contribution in [0.5, 0.6) is 0 Å². The highest BCUT2D eigenvalue weighted by Gasteiger charge is 2.22. The van der Waals surface area contributed by atoms with E-state index in [4.69, 9.17) is 0 Å². The second-order valence-corrected chi connectivity index (χ2v) is 5.56. The molecule has 0 aliphatic carbocycles. The van der Waals surface area contributed by atoms with Crippen LogP contribution >= 0.6 is 0 Å². The average molecular weight is 295 g/mol. The quantitative estimate of drug-likeness (QED) is 0.403. The first kappa shape index (κ1) is 17.4. The van der Waals surface area contributed by atoms with Crippen molar-refractivity contribution in [3.05, 3.63) is 12.2 Å². The molecule has 0 radical (unpaired) electrons. The van der Waals surface area contributed by atoms with Gasteiger partial charge in [-0.3, -0.25) is 9.59 Å². The van der Waals surface area contributed by atoms with Crippen LogP contribution in [-0.4, -0.2) is 40.3 Å². The molecule has 0 saturated carbocycles. The van der Waals surface area contributed by atoms with Gasteiger partial charge in [-0.2, -0.15) is 5.10 Å². The highest BCUT2D eigenvalue weighted by molar-refractivity contribution is 5.90. The lowest BCUT2D eigenvalue weighted by atomic mass is 10.1. The number of nitrogens with zero attached hydrogens (tertiary/aromatic N) is 2. The Morgan fingerprint density at radius 2 is 2.14 bits per heavy atom. The molecule has 1 aliphatic heterocycles. The van der Waals surface area contributed by atoms with Crippen molar-refractivity contribution in [2.45, 2.75) is 52.7 Å². The molecule has 2 amide bonds. The molecule has 0 bridgehead atoms. The van der Waals surface area contributed by atoms with E-state index in [1.54, 1.807) is 0 Å². The second-order valence-electron chi connectivity index (χ2n) is 5.56. The van der Waals surface area contributed by atoms with Crippen molar-refractivity contribution in [2.75, 3.05) is 6.54 Å². The van der Waals surface area contributed by atoms with Gasteiger partial charge in [0.15, 0.2) is 0 Å². The van der Waals surface area contributed by atoms with Crippen molar-refractivity contribution in [3.8, 4) is 0 Å². The summed E-state index contributed by atoms with van der Waals surface area (Å²) in [6.45, 7) is 6.44. The molecular weight excluding hydrogens is 270 g/mol. The number of hydrogen-bond donors (Lipinski definition) is 2. The van der Waals surface area contributed by atoms with Crippen LogP contribution in [0.2, 0.25) is 0 Å². The maximum atomic E-state index is 11.6. The predicted molar refractivity (Wildman–Crippen MR) is 81.4 cm³/mol. The van der Waals surface area contributed by atoms with Crippen LogP contribution < -0.4 is 5.43 Å². The Bertz CT molecular complexity index is 430. The van der Waals surface area contributed by atoms with E-state index in [2.05, 4.69) is 10.5 Å². The second kappa shape index (κ2) is 8.56. The number of amides is 2. The van der Waals surface area contributed by atoms with E-state index in [0.29, 0.717) is 18.9 Å². The Morgan fingerprint density at radius 1 is 1.43 bits per heavy atom. The molecule has 118 valence electrons. The van der Waals surface area contributed by atoms with Crippen molar-refractivity contribution >= 4 is 17.5 Å². The first-order valence-electron chi connectivity index (χ1n) is 7.41. The van der Waals surface area contributed by atoms with Crippen LogP contribution in [0.1, 0.15) is 46.5 Å². The molecule has 0 aromatic rings. The Kier molecular flexibility index (Phi) is 7.08. The number of hydrogen-bond acceptors (Lipinski definition) is 4. The molecular formula is C15H25N3O3. The number of aliphatic hydroxyl groups excluding tert-OH is 1. The minimum absolute atomic E-state index is 0.0889. The fourth-order valence-electron chi connectivity index (χ4n) is 1.82. The minimum atomic E-state index is -0.797. The normalized spacial score (nSPS) is 18.7. The summed E-state index contributed by atoms with van der Waals surface area (Å²) in [5.41, 5.74) is 3.44. The van der Waals surface area contributed by atoms with Crippen molar-refractivity contribution < 1.29 is 14.7 Å². The maximum absolute atomic E-state index is 11.6. The zero-order valence-corrected chi connectivity index (χ0v) is 13.0. The van der Waals surface area contributed by atoms with Crippen LogP contribution in [-0.2, 0) is 9.59 Å². The summed E-state index contributed by atoms with van der Waals surface area (Å²) in [5.74, 6) is 0.0797. The van der Waals surface area contributed by atoms with Gasteiger partial charge in [0.1, 0.15) is 6.23 Å². The molecule has 1 atom stereocenters. The van der Waals surface area contributed by atoms with Gasteiger partial charge in [-0.1, -0.05) is 20.3 Å². The zero-order chi connectivity index (χ0) is 15.8. The number of carbonyl (C=O) groups excluding carboxylic acids is 2. The molecule has 6 heteroatoms. The molecule has 6 nitrogen and oxygen atoms in total. The van der Waals surface area contributed by atoms with Crippen molar-refractivity contribution in [2.24, 2.45) is 11.0 Å². The van der Waals surface area contributed by atoms with Gasteiger partial charge in [0, 0.05) is 24.8 Å². The molecule has 21 heavy (non-hydrogen) atoms. The Hall–Kier alpha value is -1.69. The third-order valence-electron chi connectivity index (χ3n) is 3.51. The number of hydrazone groups is 1. The predicted octanol–water partition coefficient (Wildman–Crippen LogP) is 1.41. The fraction of sp³-hybridized carbons (Fsp3) is 0.667. The monoisotopic (exact) mass is 295 g/mol. The van der Waals surface area contributed by atoms with E-state index in [1.807, 2.05) is 20.8 Å². The number of rotatable bonds is 8. The van der Waals surface area contributed by atoms with Crippen LogP contribution in [0.25, 0.3) is 0 Å². The molecule has 0 fully saturated rings. The molecule has 0 saturated heterocycles. The SMILES string of the molecule is C/C(=N\NC(=O)CCCCCN1C(=O)C=CC1O)C(C)C. The Morgan fingerprint density at radius 3 is 2.71 bits per heavy atom. The van der Waals surface area contributed by atoms with Gasteiger partial charge in [-0.05, 0) is 31.8 Å². The van der Waals surface area contributed by atoms with E-state index in [1.165, 1.54) is 17.1 Å². The van der Waals surface area contributed by atoms with Gasteiger partial charge < -0.3 is 10.0 Å². The number of unbranched alkanes of at least 4 members (excludes halogenated alkanes) is 2. The van der Waals surface area contributed by atoms with Crippen molar-refractivity contribution in [3.63, 3.8) is 0 Å². The first-order chi connectivity index (χ1) is 9.91. The molecule has 0 spiro atoms. The minimum Gasteiger partial charge on any atom is -0.370 e. The van der Waals surface area contributed by atoms with E-state index in [9.17, 15) is 14.7 Å². The van der Waals surface area contributed by atoms with Crippen molar-refractivity contribution in [1.82, 2.24) is 10.3 Å². The van der Waals surface area contributed by atoms with Gasteiger partial charge in [-0.15, -0.1) is 0 Å². The third-order valence-corrected chi connectivity index (χ3v) is 3.51. The standard InChI is InChI=1S/C15H25N3O3/c1-11(2)12(3)16-17-13(19)7-5-4-6-10-18-14(20)8-9-15(18)21/h8-9,11,14,20H,4-7,10H2,1-3H3,(H,17,19)/b16-12+. The average Bonchev–Trinajstić information content (AvgIpc) is 2.75. The van der Waals surface area contributed by atoms with Gasteiger partial charge in [0.2, 0.25) is 11.8 Å². The van der Waals surface area contributed by atoms with Gasteiger partial charge in [0.25, 0.3) is 0 Å². The lowest BCUT2D eigenvalue weighted by Gasteiger charge is -2.19. The third kappa shape index (κ3) is 6.08. The zero-order valence-electron chi connectivity index (χ0n) is 13.0. The molecule has 1 aliphatic rings. The van der Waals surface area contributed by atoms with Crippen LogP contribution in [0.15, 0.2) is 17.3 Å². The molecule has 1 rings (SSSR count). The fourth-order valence-corrected chi connectivity index (χ4v) is 1.82. The summed E-state index contributed by atoms with van der Waals surface area (Å²) in [6, 6.07) is 0. The summed E-state index contributed by atoms with van der Waals surface area (Å²) in [4.78, 5) is 24.3. The summed E-state index contributed by atoms with van der Waals surface area (Å²) < 4.78 is 0. The number of nitrogens with one attached hydrogen (secondary N) is 1. The number of carbonyl (C=O) groups is 2. The summed E-state index contributed by atoms with van der Waals surface area (Å²) >= 11 is 0. The highest BCUT2D eigenvalue weighted by Crippen LogP contribution is 2.10. The summed E-state index contributed by atoms with van der Waals surface area (Å²) in [6.07, 6.45) is 4.83. The summed E-state index contributed by atoms with van der Waals surface area (Å²) in [7, 11) is 0. The maximum Gasteiger partial charge on any atom is 0.248 e. The van der Waals surface area contributed by atoms with Crippen LogP contribution in [0.4, 0.5) is 0 Å². The lowest BCUT2D eigenvalue weighted by molar-refractivity contribution is -0.131. The van der Waals surface area contributed by atoms with Gasteiger partial charge >= 0.3 is 0 Å². The topological polar surface area (TPSA) is 82.0 Å². The highest BCUT2D eigenvalue weighted by atomic mass is 16.3. The smallest absolute Gasteiger partial charge is 0.248 e. The van der Waals surface area contributed by atoms with E-state index in [-0.39, 0.29) is 11.8 Å². The molecule has 2 N–H and O–H groups in total. The van der Waals surface area contributed by atoms with Gasteiger partial charge in [0.05, 0.1) is 0 Å². The molecule has 0 aromatic carbocycles. The molecule has 1 unspecified atom stereocenters. The molecule has 0 aromatic heterocycles. The Balaban J connectivity index is 2.10. The molecule has 1 heterocycles. The van der Waals surface area contributed by atoms with E-state index < -0.39 is 6.23 Å². The van der Waals surface area contributed by atoms with Crippen LogP contribution in [0.3, 0.4) is 0 Å².